The Balaban J connectivity index is 0.941. The third-order valence-electron chi connectivity index (χ3n) is 11.7. The highest BCUT2D eigenvalue weighted by Gasteiger charge is 2.39. The number of nitrogens with one attached hydrogen (secondary N) is 4. The van der Waals surface area contributed by atoms with E-state index in [0.717, 1.165) is 64.8 Å². The van der Waals surface area contributed by atoms with E-state index in [4.69, 9.17) is 14.5 Å². The second-order valence-corrected chi connectivity index (χ2v) is 15.8. The molecule has 3 aromatic heterocycles. The van der Waals surface area contributed by atoms with Gasteiger partial charge in [0.25, 0.3) is 5.91 Å². The van der Waals surface area contributed by atoms with Crippen LogP contribution in [0.3, 0.4) is 0 Å². The Morgan fingerprint density at radius 2 is 1.34 bits per heavy atom. The number of nitrogens with zero attached hydrogens (tertiary/aromatic N) is 6. The highest BCUT2D eigenvalue weighted by molar-refractivity contribution is 5.90. The Kier molecular flexibility index (Phi) is 12.1. The van der Waals surface area contributed by atoms with Crippen LogP contribution in [0.15, 0.2) is 91.3 Å². The molecule has 0 spiro atoms. The van der Waals surface area contributed by atoms with Crippen molar-refractivity contribution in [3.05, 3.63) is 108 Å². The molecule has 61 heavy (non-hydrogen) atoms. The number of ether oxygens (including phenoxy) is 2. The summed E-state index contributed by atoms with van der Waals surface area (Å²) in [6, 6.07) is 23.5. The molecule has 2 aliphatic rings. The standard InChI is InChI=1S/C45H50N10O6/c1-26(2)38(50-44(58)60-3)42(56)54-20-8-12-36(54)40-46-24-34(48-40)31-17-15-28-22-30(16-14-29(28)23-31)32-18-19-33(53-52-32)35-25-47-41(49-35)37-13-9-21-55(37)43(57)39(51-45(59)61-4)27-10-6-5-7-11-27/h5-7,10-11,14-19,22-26,36-39,42,56H,8-9,12-13,20-21H2,1-4H3,(H,46,48)(H,47,49)(H,50,58)(H,51,59). The molecule has 5 unspecified atom stereocenters. The van der Waals surface area contributed by atoms with E-state index in [1.165, 1.54) is 14.2 Å². The number of alkyl carbamates (subject to hydrolysis) is 2. The van der Waals surface area contributed by atoms with Gasteiger partial charge in [-0.2, -0.15) is 0 Å². The third kappa shape index (κ3) is 8.67. The van der Waals surface area contributed by atoms with Gasteiger partial charge in [0, 0.05) is 24.2 Å². The van der Waals surface area contributed by atoms with Gasteiger partial charge in [-0.3, -0.25) is 9.69 Å². The Morgan fingerprint density at radius 1 is 0.738 bits per heavy atom. The molecule has 6 aromatic rings. The number of aliphatic hydroxyl groups is 1. The number of H-pyrrole nitrogens is 2. The van der Waals surface area contributed by atoms with Crippen LogP contribution >= 0.6 is 0 Å². The molecule has 16 heteroatoms. The monoisotopic (exact) mass is 826 g/mol. The molecule has 0 aliphatic carbocycles. The van der Waals surface area contributed by atoms with Gasteiger partial charge in [-0.1, -0.05) is 68.4 Å². The maximum Gasteiger partial charge on any atom is 0.407 e. The van der Waals surface area contributed by atoms with Crippen LogP contribution in [-0.2, 0) is 14.3 Å². The van der Waals surface area contributed by atoms with Crippen LogP contribution in [0.2, 0.25) is 0 Å². The number of methoxy groups -OCH3 is 2. The summed E-state index contributed by atoms with van der Waals surface area (Å²) in [4.78, 5) is 58.2. The van der Waals surface area contributed by atoms with Crippen LogP contribution in [0.5, 0.6) is 0 Å². The summed E-state index contributed by atoms with van der Waals surface area (Å²) in [5.41, 5.74) is 5.46. The number of rotatable bonds is 12. The fraction of sp³-hybridized carbons (Fsp3) is 0.356. The second-order valence-electron chi connectivity index (χ2n) is 15.8. The number of fused-ring (bicyclic) bond motifs is 1. The molecular formula is C45H50N10O6. The number of carbonyl (C=O) groups is 3. The van der Waals surface area contributed by atoms with Crippen molar-refractivity contribution in [1.82, 2.24) is 50.6 Å². The van der Waals surface area contributed by atoms with E-state index in [1.807, 2.05) is 61.3 Å². The summed E-state index contributed by atoms with van der Waals surface area (Å²) in [7, 11) is 2.59. The molecule has 2 aliphatic heterocycles. The van der Waals surface area contributed by atoms with Crippen LogP contribution in [-0.4, -0.2) is 103 Å². The topological polar surface area (TPSA) is 204 Å². The zero-order valence-electron chi connectivity index (χ0n) is 34.5. The molecule has 316 valence electrons. The van der Waals surface area contributed by atoms with Crippen molar-refractivity contribution >= 4 is 28.9 Å². The summed E-state index contributed by atoms with van der Waals surface area (Å²) in [5.74, 6) is 1.16. The van der Waals surface area contributed by atoms with Gasteiger partial charge in [0.15, 0.2) is 0 Å². The molecule has 0 bridgehead atoms. The van der Waals surface area contributed by atoms with Crippen LogP contribution in [0.4, 0.5) is 9.59 Å². The van der Waals surface area contributed by atoms with E-state index in [1.54, 1.807) is 23.2 Å². The van der Waals surface area contributed by atoms with E-state index in [0.29, 0.717) is 35.9 Å². The highest BCUT2D eigenvalue weighted by atomic mass is 16.5. The number of imidazole rings is 2. The number of hydrogen-bond donors (Lipinski definition) is 5. The first kappa shape index (κ1) is 41.1. The summed E-state index contributed by atoms with van der Waals surface area (Å²) < 4.78 is 9.63. The lowest BCUT2D eigenvalue weighted by Crippen LogP contribution is -2.54. The number of benzene rings is 3. The molecule has 16 nitrogen and oxygen atoms in total. The Morgan fingerprint density at radius 3 is 2.05 bits per heavy atom. The van der Waals surface area contributed by atoms with Crippen molar-refractivity contribution in [1.29, 1.82) is 0 Å². The maximum absolute atomic E-state index is 13.9. The number of aliphatic hydroxyl groups excluding tert-OH is 1. The van der Waals surface area contributed by atoms with Crippen molar-refractivity contribution < 1.29 is 29.0 Å². The van der Waals surface area contributed by atoms with Gasteiger partial charge in [-0.15, -0.1) is 10.2 Å². The largest absolute Gasteiger partial charge is 0.453 e. The lowest BCUT2D eigenvalue weighted by Gasteiger charge is -2.35. The van der Waals surface area contributed by atoms with Gasteiger partial charge >= 0.3 is 12.2 Å². The predicted molar refractivity (Wildman–Crippen MR) is 227 cm³/mol. The molecule has 8 rings (SSSR count). The summed E-state index contributed by atoms with van der Waals surface area (Å²) in [6.45, 7) is 5.13. The minimum Gasteiger partial charge on any atom is -0.453 e. The fourth-order valence-electron chi connectivity index (χ4n) is 8.47. The van der Waals surface area contributed by atoms with Crippen LogP contribution in [0, 0.1) is 5.92 Å². The Hall–Kier alpha value is -6.65. The average Bonchev–Trinajstić information content (AvgIpc) is 4.14. The first-order chi connectivity index (χ1) is 29.6. The lowest BCUT2D eigenvalue weighted by molar-refractivity contribution is -0.134. The first-order valence-corrected chi connectivity index (χ1v) is 20.6. The molecule has 2 saturated heterocycles. The Labute approximate surface area is 353 Å². The van der Waals surface area contributed by atoms with Crippen molar-refractivity contribution in [3.63, 3.8) is 0 Å². The number of amides is 3. The minimum atomic E-state index is -0.903. The number of aromatic amines is 2. The number of hydrogen-bond acceptors (Lipinski definition) is 11. The molecule has 5 atom stereocenters. The minimum absolute atomic E-state index is 0.0159. The van der Waals surface area contributed by atoms with Crippen molar-refractivity contribution in [2.45, 2.75) is 69.9 Å². The maximum atomic E-state index is 13.9. The SMILES string of the molecule is COC(=O)NC(C(=O)N1CCCC1c1ncc(-c2ccc(-c3ccc4cc(-c5cnc(C6CCCN6C(O)C(NC(=O)OC)C(C)C)[nH]5)ccc4c3)nn2)[nH]1)c1ccccc1. The van der Waals surface area contributed by atoms with Gasteiger partial charge in [0.05, 0.1) is 61.8 Å². The molecule has 3 aromatic carbocycles. The summed E-state index contributed by atoms with van der Waals surface area (Å²) in [5, 5.41) is 28.1. The Bertz CT molecular complexity index is 2490. The van der Waals surface area contributed by atoms with Crippen molar-refractivity contribution in [2.24, 2.45) is 5.92 Å². The van der Waals surface area contributed by atoms with Gasteiger partial charge in [0.2, 0.25) is 0 Å². The van der Waals surface area contributed by atoms with Gasteiger partial charge in [0.1, 0.15) is 29.6 Å². The molecule has 0 saturated carbocycles. The van der Waals surface area contributed by atoms with E-state index < -0.39 is 30.5 Å². The van der Waals surface area contributed by atoms with Crippen LogP contribution in [0.1, 0.15) is 74.9 Å². The van der Waals surface area contributed by atoms with Gasteiger partial charge in [-0.25, -0.2) is 19.6 Å². The van der Waals surface area contributed by atoms with Crippen LogP contribution in [0.25, 0.3) is 44.7 Å². The van der Waals surface area contributed by atoms with E-state index >= 15 is 0 Å². The third-order valence-corrected chi connectivity index (χ3v) is 11.7. The molecule has 5 heterocycles. The fourth-order valence-corrected chi connectivity index (χ4v) is 8.47. The van der Waals surface area contributed by atoms with Gasteiger partial charge < -0.3 is 40.1 Å². The van der Waals surface area contributed by atoms with Crippen molar-refractivity contribution in [3.8, 4) is 33.9 Å². The van der Waals surface area contributed by atoms with E-state index in [2.05, 4.69) is 66.1 Å². The van der Waals surface area contributed by atoms with Gasteiger partial charge in [-0.05, 0) is 72.2 Å². The lowest BCUT2D eigenvalue weighted by atomic mass is 10.0. The second kappa shape index (κ2) is 17.9. The van der Waals surface area contributed by atoms with Crippen LogP contribution < -0.4 is 10.6 Å². The summed E-state index contributed by atoms with van der Waals surface area (Å²) >= 11 is 0. The predicted octanol–water partition coefficient (Wildman–Crippen LogP) is 6.67. The number of aromatic nitrogens is 6. The number of carbonyl (C=O) groups excluding carboxylic acids is 3. The van der Waals surface area contributed by atoms with E-state index in [9.17, 15) is 19.5 Å². The first-order valence-electron chi connectivity index (χ1n) is 20.6. The molecule has 2 fully saturated rings. The molecule has 3 amide bonds. The zero-order valence-corrected chi connectivity index (χ0v) is 34.5. The zero-order chi connectivity index (χ0) is 42.6. The number of likely N-dealkylation sites (tertiary alicyclic amines) is 2. The average molecular weight is 827 g/mol. The highest BCUT2D eigenvalue weighted by Crippen LogP contribution is 2.36. The molecular weight excluding hydrogens is 777 g/mol. The van der Waals surface area contributed by atoms with E-state index in [-0.39, 0.29) is 23.9 Å². The normalized spacial score (nSPS) is 18.2. The quantitative estimate of drug-likeness (QED) is 0.0881. The smallest absolute Gasteiger partial charge is 0.407 e. The van der Waals surface area contributed by atoms with Crippen molar-refractivity contribution in [2.75, 3.05) is 27.3 Å². The molecule has 0 radical (unpaired) electrons. The molecule has 5 N–H and O–H groups in total. The summed E-state index contributed by atoms with van der Waals surface area (Å²) in [6.07, 6.45) is 4.62.